The summed E-state index contributed by atoms with van der Waals surface area (Å²) in [6, 6.07) is 30.9. The van der Waals surface area contributed by atoms with Gasteiger partial charge in [0.05, 0.1) is 11.1 Å². The number of carbonyl (C=O) groups is 2. The van der Waals surface area contributed by atoms with Gasteiger partial charge in [-0.05, 0) is 24.3 Å². The van der Waals surface area contributed by atoms with Crippen molar-refractivity contribution in [3.8, 4) is 11.5 Å². The number of phenols is 2. The molecule has 0 radical (unpaired) electrons. The highest BCUT2D eigenvalue weighted by molar-refractivity contribution is 6.11. The van der Waals surface area contributed by atoms with Gasteiger partial charge in [-0.2, -0.15) is 0 Å². The molecule has 4 aromatic carbocycles. The van der Waals surface area contributed by atoms with Crippen LogP contribution in [0, 0.1) is 0 Å². The summed E-state index contributed by atoms with van der Waals surface area (Å²) in [6.45, 7) is 8.00. The maximum atomic E-state index is 11.9. The molecule has 0 fully saturated rings. The van der Waals surface area contributed by atoms with Crippen LogP contribution in [-0.2, 0) is 0 Å². The smallest absolute Gasteiger partial charge is 0.196 e. The lowest BCUT2D eigenvalue weighted by Gasteiger charge is -2.02. The Morgan fingerprint density at radius 2 is 0.706 bits per heavy atom. The van der Waals surface area contributed by atoms with Gasteiger partial charge >= 0.3 is 0 Å². The Labute approximate surface area is 202 Å². The van der Waals surface area contributed by atoms with Crippen LogP contribution >= 0.6 is 0 Å². The largest absolute Gasteiger partial charge is 0.507 e. The van der Waals surface area contributed by atoms with Gasteiger partial charge < -0.3 is 10.2 Å². The van der Waals surface area contributed by atoms with E-state index in [1.165, 1.54) is 12.1 Å². The van der Waals surface area contributed by atoms with Gasteiger partial charge in [-0.3, -0.25) is 9.59 Å². The minimum absolute atomic E-state index is 0.0198. The first-order chi connectivity index (χ1) is 16.6. The van der Waals surface area contributed by atoms with Crippen molar-refractivity contribution in [2.24, 2.45) is 0 Å². The summed E-state index contributed by atoms with van der Waals surface area (Å²) in [5.74, 6) is -0.278. The van der Waals surface area contributed by atoms with Gasteiger partial charge in [-0.1, -0.05) is 113 Å². The molecule has 34 heavy (non-hydrogen) atoms. The molecule has 4 aromatic rings. The molecule has 2 N–H and O–H groups in total. The second-order valence-corrected chi connectivity index (χ2v) is 6.42. The normalized spacial score (nSPS) is 9.06. The molecule has 0 unspecified atom stereocenters. The number of para-hydroxylation sites is 2. The van der Waals surface area contributed by atoms with Crippen molar-refractivity contribution in [2.75, 3.05) is 0 Å². The summed E-state index contributed by atoms with van der Waals surface area (Å²) in [4.78, 5) is 23.8. The standard InChI is InChI=1S/2C13H10O2.2C2H6/c2*14-12-9-5-4-8-11(12)13(15)10-6-2-1-3-7-10;2*1-2/h2*1-9,14H;2*1-2H3. The minimum atomic E-state index is -0.159. The first kappa shape index (κ1) is 27.9. The topological polar surface area (TPSA) is 74.6 Å². The maximum absolute atomic E-state index is 11.9. The van der Waals surface area contributed by atoms with E-state index >= 15 is 0 Å². The molecule has 0 aromatic heterocycles. The molecule has 4 heteroatoms. The zero-order valence-corrected chi connectivity index (χ0v) is 20.1. The maximum Gasteiger partial charge on any atom is 0.196 e. The molecule has 0 saturated carbocycles. The Bertz CT molecular complexity index is 1040. The summed E-state index contributed by atoms with van der Waals surface area (Å²) in [5, 5.41) is 19.0. The lowest BCUT2D eigenvalue weighted by atomic mass is 10.0. The fraction of sp³-hybridized carbons (Fsp3) is 0.133. The fourth-order valence-electron chi connectivity index (χ4n) is 2.82. The van der Waals surface area contributed by atoms with E-state index in [-0.39, 0.29) is 23.1 Å². The van der Waals surface area contributed by atoms with Crippen LogP contribution in [0.1, 0.15) is 59.5 Å². The average Bonchev–Trinajstić information content (AvgIpc) is 2.92. The second kappa shape index (κ2) is 15.6. The van der Waals surface area contributed by atoms with E-state index in [0.29, 0.717) is 22.3 Å². The third kappa shape index (κ3) is 8.06. The highest BCUT2D eigenvalue weighted by Crippen LogP contribution is 2.20. The highest BCUT2D eigenvalue weighted by Gasteiger charge is 2.12. The van der Waals surface area contributed by atoms with Crippen molar-refractivity contribution in [3.63, 3.8) is 0 Å². The van der Waals surface area contributed by atoms with Gasteiger partial charge in [0.2, 0.25) is 0 Å². The average molecular weight is 457 g/mol. The number of benzene rings is 4. The molecular weight excluding hydrogens is 424 g/mol. The monoisotopic (exact) mass is 456 g/mol. The highest BCUT2D eigenvalue weighted by atomic mass is 16.3. The van der Waals surface area contributed by atoms with Crippen molar-refractivity contribution in [3.05, 3.63) is 131 Å². The Balaban J connectivity index is 0.000000297. The Kier molecular flexibility index (Phi) is 12.8. The Morgan fingerprint density at radius 1 is 0.441 bits per heavy atom. The lowest BCUT2D eigenvalue weighted by Crippen LogP contribution is -2.00. The summed E-state index contributed by atoms with van der Waals surface area (Å²) in [6.07, 6.45) is 0. The quantitative estimate of drug-likeness (QED) is 0.316. The molecular formula is C30H32O4. The van der Waals surface area contributed by atoms with Crippen LogP contribution in [0.4, 0.5) is 0 Å². The van der Waals surface area contributed by atoms with Gasteiger partial charge in [-0.15, -0.1) is 0 Å². The first-order valence-electron chi connectivity index (χ1n) is 11.3. The van der Waals surface area contributed by atoms with Crippen LogP contribution in [-0.4, -0.2) is 21.8 Å². The van der Waals surface area contributed by atoms with Crippen LogP contribution < -0.4 is 0 Å². The Hall–Kier alpha value is -4.18. The molecule has 0 aliphatic heterocycles. The van der Waals surface area contributed by atoms with Crippen LogP contribution in [0.15, 0.2) is 109 Å². The van der Waals surface area contributed by atoms with Crippen molar-refractivity contribution in [2.45, 2.75) is 27.7 Å². The predicted molar refractivity (Wildman–Crippen MR) is 139 cm³/mol. The van der Waals surface area contributed by atoms with Crippen LogP contribution in [0.3, 0.4) is 0 Å². The zero-order valence-electron chi connectivity index (χ0n) is 20.1. The van der Waals surface area contributed by atoms with Gasteiger partial charge in [0.1, 0.15) is 11.5 Å². The van der Waals surface area contributed by atoms with Crippen molar-refractivity contribution < 1.29 is 19.8 Å². The molecule has 176 valence electrons. The van der Waals surface area contributed by atoms with Gasteiger partial charge in [0.25, 0.3) is 0 Å². The van der Waals surface area contributed by atoms with E-state index in [1.807, 2.05) is 39.8 Å². The third-order valence-electron chi connectivity index (χ3n) is 4.37. The molecule has 0 heterocycles. The number of aromatic hydroxyl groups is 2. The van der Waals surface area contributed by atoms with E-state index < -0.39 is 0 Å². The zero-order chi connectivity index (χ0) is 25.3. The van der Waals surface area contributed by atoms with Crippen LogP contribution in [0.5, 0.6) is 11.5 Å². The first-order valence-corrected chi connectivity index (χ1v) is 11.3. The molecule has 4 rings (SSSR count). The number of phenolic OH excluding ortho intramolecular Hbond substituents is 2. The van der Waals surface area contributed by atoms with Gasteiger partial charge in [0.15, 0.2) is 11.6 Å². The molecule has 0 saturated heterocycles. The lowest BCUT2D eigenvalue weighted by molar-refractivity contribution is 0.102. The van der Waals surface area contributed by atoms with Gasteiger partial charge in [0, 0.05) is 11.1 Å². The molecule has 0 spiro atoms. The SMILES string of the molecule is CC.CC.O=C(c1ccccc1)c1ccccc1O.O=C(c1ccccc1)c1ccccc1O. The number of ketones is 2. The number of hydrogen-bond donors (Lipinski definition) is 2. The second-order valence-electron chi connectivity index (χ2n) is 6.42. The van der Waals surface area contributed by atoms with E-state index in [2.05, 4.69) is 0 Å². The molecule has 0 amide bonds. The van der Waals surface area contributed by atoms with E-state index in [1.54, 1.807) is 84.9 Å². The number of rotatable bonds is 4. The van der Waals surface area contributed by atoms with Crippen molar-refractivity contribution >= 4 is 11.6 Å². The summed E-state index contributed by atoms with van der Waals surface area (Å²) < 4.78 is 0. The molecule has 0 bridgehead atoms. The molecule has 0 aliphatic carbocycles. The minimum Gasteiger partial charge on any atom is -0.507 e. The van der Waals surface area contributed by atoms with Crippen LogP contribution in [0.2, 0.25) is 0 Å². The van der Waals surface area contributed by atoms with E-state index in [0.717, 1.165) is 0 Å². The summed E-state index contributed by atoms with van der Waals surface area (Å²) >= 11 is 0. The van der Waals surface area contributed by atoms with Crippen LogP contribution in [0.25, 0.3) is 0 Å². The third-order valence-corrected chi connectivity index (χ3v) is 4.37. The molecule has 4 nitrogen and oxygen atoms in total. The number of carbonyl (C=O) groups excluding carboxylic acids is 2. The predicted octanol–water partition coefficient (Wildman–Crippen LogP) is 7.30. The van der Waals surface area contributed by atoms with Crippen molar-refractivity contribution in [1.29, 1.82) is 0 Å². The molecule has 0 aliphatic rings. The van der Waals surface area contributed by atoms with E-state index in [4.69, 9.17) is 0 Å². The number of hydrogen-bond acceptors (Lipinski definition) is 4. The fourth-order valence-corrected chi connectivity index (χ4v) is 2.82. The van der Waals surface area contributed by atoms with Crippen molar-refractivity contribution in [1.82, 2.24) is 0 Å². The summed E-state index contributed by atoms with van der Waals surface area (Å²) in [7, 11) is 0. The van der Waals surface area contributed by atoms with Gasteiger partial charge in [-0.25, -0.2) is 0 Å². The summed E-state index contributed by atoms with van der Waals surface area (Å²) in [5.41, 5.74) is 1.84. The molecule has 0 atom stereocenters. The van der Waals surface area contributed by atoms with E-state index in [9.17, 15) is 19.8 Å². The Morgan fingerprint density at radius 3 is 1.00 bits per heavy atom.